The smallest absolute Gasteiger partial charge is 0.0639 e. The lowest BCUT2D eigenvalue weighted by molar-refractivity contribution is 0.330. The van der Waals surface area contributed by atoms with Gasteiger partial charge in [0.1, 0.15) is 0 Å². The number of aliphatic hydroxyl groups is 2. The second-order valence-electron chi connectivity index (χ2n) is 14.5. The first-order valence-electron chi connectivity index (χ1n) is 18.9. The van der Waals surface area contributed by atoms with E-state index in [9.17, 15) is 10.2 Å². The minimum absolute atomic E-state index is 0.125. The lowest BCUT2D eigenvalue weighted by atomic mass is 9.90. The topological polar surface area (TPSA) is 40.5 Å². The van der Waals surface area contributed by atoms with Crippen LogP contribution in [-0.4, -0.2) is 23.4 Å². The molecule has 2 unspecified atom stereocenters. The standard InChI is InChI=1S/C50H72O2/c1-39(2)49(35-31-47(11)37-51)33-29-45(9)27-17-25-43(7)23-15-21-41(5)19-13-14-20-42(6)22-16-24-44(8)26-18-28-46(10)30-34-50(40(3)4)36-32-48(12)38-52/h13-28,31-32,49-52H,1,3,29-30,33-38H2,2,4-12H3/b14-13+,21-15+,22-16+,25-17+,26-18+,41-19+,42-20+,43-23+,44-24+,45-27+,46-28+,47-31+,48-32+. The molecule has 0 radical (unpaired) electrons. The van der Waals surface area contributed by atoms with Gasteiger partial charge < -0.3 is 10.2 Å². The van der Waals surface area contributed by atoms with Gasteiger partial charge in [-0.15, -0.1) is 0 Å². The molecule has 0 heterocycles. The van der Waals surface area contributed by atoms with Gasteiger partial charge in [0, 0.05) is 0 Å². The first-order chi connectivity index (χ1) is 24.7. The summed E-state index contributed by atoms with van der Waals surface area (Å²) in [6.45, 7) is 29.6. The van der Waals surface area contributed by atoms with Gasteiger partial charge in [0.15, 0.2) is 0 Å². The zero-order chi connectivity index (χ0) is 39.3. The summed E-state index contributed by atoms with van der Waals surface area (Å²) in [6.07, 6.45) is 44.4. The quantitative estimate of drug-likeness (QED) is 0.0776. The van der Waals surface area contributed by atoms with Crippen molar-refractivity contribution in [3.8, 4) is 0 Å². The molecule has 284 valence electrons. The summed E-state index contributed by atoms with van der Waals surface area (Å²) in [5.41, 5.74) is 12.0. The average Bonchev–Trinajstić information content (AvgIpc) is 3.09. The van der Waals surface area contributed by atoms with Crippen LogP contribution < -0.4 is 0 Å². The van der Waals surface area contributed by atoms with Crippen LogP contribution >= 0.6 is 0 Å². The van der Waals surface area contributed by atoms with Crippen LogP contribution in [0.5, 0.6) is 0 Å². The van der Waals surface area contributed by atoms with Crippen LogP contribution in [0, 0.1) is 11.8 Å². The van der Waals surface area contributed by atoms with Crippen LogP contribution in [0.4, 0.5) is 0 Å². The molecular formula is C50H72O2. The first kappa shape index (κ1) is 48.0. The summed E-state index contributed by atoms with van der Waals surface area (Å²) in [4.78, 5) is 0. The van der Waals surface area contributed by atoms with E-state index in [1.807, 2.05) is 13.8 Å². The predicted octanol–water partition coefficient (Wildman–Crippen LogP) is 14.0. The molecule has 2 atom stereocenters. The van der Waals surface area contributed by atoms with Crippen molar-refractivity contribution in [1.82, 2.24) is 0 Å². The second-order valence-corrected chi connectivity index (χ2v) is 14.5. The monoisotopic (exact) mass is 705 g/mol. The molecule has 0 saturated carbocycles. The molecule has 0 amide bonds. The van der Waals surface area contributed by atoms with E-state index >= 15 is 0 Å². The maximum absolute atomic E-state index is 9.25. The predicted molar refractivity (Wildman–Crippen MR) is 234 cm³/mol. The van der Waals surface area contributed by atoms with E-state index in [4.69, 9.17) is 0 Å². The summed E-state index contributed by atoms with van der Waals surface area (Å²) in [5.74, 6) is 0.891. The van der Waals surface area contributed by atoms with Crippen LogP contribution in [0.15, 0.2) is 178 Å². The van der Waals surface area contributed by atoms with E-state index in [1.165, 1.54) is 44.6 Å². The Morgan fingerprint density at radius 3 is 1.00 bits per heavy atom. The van der Waals surface area contributed by atoms with Crippen LogP contribution in [0.1, 0.15) is 108 Å². The molecule has 2 N–H and O–H groups in total. The van der Waals surface area contributed by atoms with Gasteiger partial charge in [-0.25, -0.2) is 0 Å². The summed E-state index contributed by atoms with van der Waals surface area (Å²) < 4.78 is 0. The Morgan fingerprint density at radius 2 is 0.712 bits per heavy atom. The fourth-order valence-electron chi connectivity index (χ4n) is 4.99. The zero-order valence-corrected chi connectivity index (χ0v) is 34.5. The Hall–Kier alpha value is -3.98. The Kier molecular flexibility index (Phi) is 27.3. The molecule has 0 saturated heterocycles. The molecule has 0 aliphatic heterocycles. The highest BCUT2D eigenvalue weighted by atomic mass is 16.3. The lowest BCUT2D eigenvalue weighted by Crippen LogP contribution is -2.01. The number of aliphatic hydroxyl groups excluding tert-OH is 2. The Bertz CT molecular complexity index is 1400. The SMILES string of the molecule is C=C(C)C(C/C=C(\C)CO)CC/C(C)=C/C=C/C(C)=C/C=C/C(C)=C/C=C/C=C(C)/C=C/C=C(C)/C=C/C=C(\C)CCC(C/C=C(\C)CO)C(=C)C. The molecule has 0 aromatic heterocycles. The number of hydrogen-bond acceptors (Lipinski definition) is 2. The van der Waals surface area contributed by atoms with E-state index in [-0.39, 0.29) is 13.2 Å². The second kappa shape index (κ2) is 29.6. The van der Waals surface area contributed by atoms with Gasteiger partial charge in [0.25, 0.3) is 0 Å². The van der Waals surface area contributed by atoms with E-state index in [0.29, 0.717) is 11.8 Å². The van der Waals surface area contributed by atoms with Crippen LogP contribution in [0.25, 0.3) is 0 Å². The molecule has 2 nitrogen and oxygen atoms in total. The van der Waals surface area contributed by atoms with Crippen molar-refractivity contribution in [1.29, 1.82) is 0 Å². The van der Waals surface area contributed by atoms with Crippen molar-refractivity contribution < 1.29 is 10.2 Å². The van der Waals surface area contributed by atoms with E-state index < -0.39 is 0 Å². The molecule has 2 heteroatoms. The molecule has 0 aliphatic rings. The maximum Gasteiger partial charge on any atom is 0.0639 e. The fourth-order valence-corrected chi connectivity index (χ4v) is 4.99. The van der Waals surface area contributed by atoms with Crippen molar-refractivity contribution in [2.24, 2.45) is 11.8 Å². The highest BCUT2D eigenvalue weighted by molar-refractivity contribution is 5.32. The van der Waals surface area contributed by atoms with Crippen molar-refractivity contribution >= 4 is 0 Å². The van der Waals surface area contributed by atoms with Crippen molar-refractivity contribution in [3.63, 3.8) is 0 Å². The van der Waals surface area contributed by atoms with Gasteiger partial charge in [0.05, 0.1) is 13.2 Å². The molecule has 0 fully saturated rings. The summed E-state index contributed by atoms with van der Waals surface area (Å²) in [6, 6.07) is 0. The van der Waals surface area contributed by atoms with Gasteiger partial charge in [0.2, 0.25) is 0 Å². The molecular weight excluding hydrogens is 633 g/mol. The third-order valence-corrected chi connectivity index (χ3v) is 8.91. The highest BCUT2D eigenvalue weighted by Gasteiger charge is 2.09. The van der Waals surface area contributed by atoms with Gasteiger partial charge in [-0.2, -0.15) is 0 Å². The van der Waals surface area contributed by atoms with Crippen molar-refractivity contribution in [2.45, 2.75) is 108 Å². The fraction of sp³-hybridized carbons (Fsp3) is 0.400. The largest absolute Gasteiger partial charge is 0.392 e. The van der Waals surface area contributed by atoms with Crippen LogP contribution in [0.3, 0.4) is 0 Å². The summed E-state index contributed by atoms with van der Waals surface area (Å²) >= 11 is 0. The van der Waals surface area contributed by atoms with Crippen molar-refractivity contribution in [2.75, 3.05) is 13.2 Å². The maximum atomic E-state index is 9.25. The molecule has 0 aromatic rings. The minimum Gasteiger partial charge on any atom is -0.392 e. The van der Waals surface area contributed by atoms with Crippen molar-refractivity contribution in [3.05, 3.63) is 178 Å². The summed E-state index contributed by atoms with van der Waals surface area (Å²) in [7, 11) is 0. The normalized spacial score (nSPS) is 16.5. The zero-order valence-electron chi connectivity index (χ0n) is 34.5. The molecule has 0 rings (SSSR count). The average molecular weight is 705 g/mol. The number of rotatable bonds is 24. The van der Waals surface area contributed by atoms with Gasteiger partial charge in [-0.05, 0) is 120 Å². The van der Waals surface area contributed by atoms with Crippen LogP contribution in [-0.2, 0) is 0 Å². The molecule has 0 aliphatic carbocycles. The minimum atomic E-state index is 0.125. The molecule has 52 heavy (non-hydrogen) atoms. The molecule has 0 bridgehead atoms. The lowest BCUT2D eigenvalue weighted by Gasteiger charge is -2.15. The Morgan fingerprint density at radius 1 is 0.423 bits per heavy atom. The Labute approximate surface area is 320 Å². The van der Waals surface area contributed by atoms with Gasteiger partial charge in [-0.1, -0.05) is 178 Å². The van der Waals surface area contributed by atoms with Gasteiger partial charge in [-0.3, -0.25) is 0 Å². The molecule has 0 spiro atoms. The highest BCUT2D eigenvalue weighted by Crippen LogP contribution is 2.24. The first-order valence-corrected chi connectivity index (χ1v) is 18.9. The third-order valence-electron chi connectivity index (χ3n) is 8.91. The number of allylic oxidation sites excluding steroid dienone is 26. The van der Waals surface area contributed by atoms with Gasteiger partial charge >= 0.3 is 0 Å². The molecule has 0 aromatic carbocycles. The van der Waals surface area contributed by atoms with E-state index in [0.717, 1.165) is 49.7 Å². The Balaban J connectivity index is 4.88. The third kappa shape index (κ3) is 26.8. The summed E-state index contributed by atoms with van der Waals surface area (Å²) in [5, 5.41) is 18.5. The van der Waals surface area contributed by atoms with Crippen LogP contribution in [0.2, 0.25) is 0 Å². The number of hydrogen-bond donors (Lipinski definition) is 2. The van der Waals surface area contributed by atoms with E-state index in [2.05, 4.69) is 178 Å². The van der Waals surface area contributed by atoms with E-state index in [1.54, 1.807) is 0 Å².